The number of carboxylic acids is 1. The van der Waals surface area contributed by atoms with Crippen molar-refractivity contribution >= 4 is 12.0 Å². The van der Waals surface area contributed by atoms with Crippen LogP contribution >= 0.6 is 0 Å². The summed E-state index contributed by atoms with van der Waals surface area (Å²) in [6, 6.07) is -0.0136. The van der Waals surface area contributed by atoms with Gasteiger partial charge in [0.1, 0.15) is 0 Å². The maximum atomic E-state index is 12.1. The highest BCUT2D eigenvalue weighted by Gasteiger charge is 2.29. The number of hydrogen-bond donors (Lipinski definition) is 1. The number of urea groups is 1. The van der Waals surface area contributed by atoms with Gasteiger partial charge in [0.2, 0.25) is 0 Å². The Morgan fingerprint density at radius 1 is 1.41 bits per heavy atom. The van der Waals surface area contributed by atoms with Gasteiger partial charge in [0, 0.05) is 26.2 Å². The van der Waals surface area contributed by atoms with E-state index in [1.165, 1.54) is 0 Å². The number of amides is 2. The molecule has 0 aromatic heterocycles. The summed E-state index contributed by atoms with van der Waals surface area (Å²) in [6.45, 7) is 6.44. The Kier molecular flexibility index (Phi) is 5.25. The van der Waals surface area contributed by atoms with Gasteiger partial charge < -0.3 is 14.9 Å². The van der Waals surface area contributed by atoms with Gasteiger partial charge in [-0.2, -0.15) is 0 Å². The molecule has 0 radical (unpaired) electrons. The number of carbonyl (C=O) groups excluding carboxylic acids is 1. The Balaban J connectivity index is 2.58. The number of carbonyl (C=O) groups is 2. The summed E-state index contributed by atoms with van der Waals surface area (Å²) in [5.41, 5.74) is 0. The van der Waals surface area contributed by atoms with Crippen molar-refractivity contribution in [3.8, 4) is 0 Å². The van der Waals surface area contributed by atoms with Crippen molar-refractivity contribution in [1.29, 1.82) is 0 Å². The van der Waals surface area contributed by atoms with Crippen LogP contribution in [-0.2, 0) is 4.79 Å². The Hall–Kier alpha value is -1.26. The van der Waals surface area contributed by atoms with Crippen molar-refractivity contribution in [2.24, 2.45) is 5.92 Å². The van der Waals surface area contributed by atoms with Gasteiger partial charge >= 0.3 is 12.0 Å². The Morgan fingerprint density at radius 3 is 2.65 bits per heavy atom. The van der Waals surface area contributed by atoms with E-state index in [1.807, 2.05) is 13.8 Å². The molecule has 1 saturated heterocycles. The lowest BCUT2D eigenvalue weighted by atomic mass is 9.99. The van der Waals surface area contributed by atoms with Gasteiger partial charge in [-0.15, -0.1) is 0 Å². The fourth-order valence-corrected chi connectivity index (χ4v) is 2.21. The van der Waals surface area contributed by atoms with E-state index in [2.05, 4.69) is 0 Å². The summed E-state index contributed by atoms with van der Waals surface area (Å²) in [7, 11) is 0. The number of carboxylic acid groups (broad SMARTS) is 1. The largest absolute Gasteiger partial charge is 0.481 e. The second kappa shape index (κ2) is 6.47. The first-order valence-corrected chi connectivity index (χ1v) is 6.36. The van der Waals surface area contributed by atoms with Crippen molar-refractivity contribution in [1.82, 2.24) is 9.80 Å². The zero-order valence-electron chi connectivity index (χ0n) is 10.7. The minimum Gasteiger partial charge on any atom is -0.481 e. The minimum absolute atomic E-state index is 0.0136. The third-order valence-electron chi connectivity index (χ3n) is 3.19. The quantitative estimate of drug-likeness (QED) is 0.815. The van der Waals surface area contributed by atoms with Crippen LogP contribution in [0.25, 0.3) is 0 Å². The van der Waals surface area contributed by atoms with E-state index in [-0.39, 0.29) is 6.03 Å². The van der Waals surface area contributed by atoms with Crippen LogP contribution in [0.15, 0.2) is 0 Å². The predicted molar refractivity (Wildman–Crippen MR) is 64.9 cm³/mol. The summed E-state index contributed by atoms with van der Waals surface area (Å²) in [6.07, 6.45) is 2.39. The second-order valence-electron chi connectivity index (χ2n) is 4.49. The first-order valence-electron chi connectivity index (χ1n) is 6.36. The number of nitrogens with zero attached hydrogens (tertiary/aromatic N) is 2. The molecule has 1 unspecified atom stereocenters. The highest BCUT2D eigenvalue weighted by atomic mass is 16.4. The van der Waals surface area contributed by atoms with Crippen LogP contribution in [0.4, 0.5) is 4.79 Å². The summed E-state index contributed by atoms with van der Waals surface area (Å²) in [5, 5.41) is 8.99. The summed E-state index contributed by atoms with van der Waals surface area (Å²) in [5.74, 6) is -1.19. The van der Waals surface area contributed by atoms with Crippen LogP contribution in [0, 0.1) is 5.92 Å². The minimum atomic E-state index is -0.791. The first kappa shape index (κ1) is 13.8. The molecule has 1 rings (SSSR count). The fraction of sp³-hybridized carbons (Fsp3) is 0.833. The van der Waals surface area contributed by atoms with E-state index >= 15 is 0 Å². The number of rotatable bonds is 4. The highest BCUT2D eigenvalue weighted by Crippen LogP contribution is 2.18. The molecule has 0 spiro atoms. The maximum absolute atomic E-state index is 12.1. The molecule has 5 nitrogen and oxygen atoms in total. The van der Waals surface area contributed by atoms with E-state index in [1.54, 1.807) is 9.80 Å². The summed E-state index contributed by atoms with van der Waals surface area (Å²) >= 11 is 0. The molecular weight excluding hydrogens is 220 g/mol. The van der Waals surface area contributed by atoms with Crippen LogP contribution in [0.1, 0.15) is 33.1 Å². The predicted octanol–water partition coefficient (Wildman–Crippen LogP) is 1.63. The third kappa shape index (κ3) is 3.61. The lowest BCUT2D eigenvalue weighted by Crippen LogP contribution is -2.48. The molecule has 17 heavy (non-hydrogen) atoms. The van der Waals surface area contributed by atoms with Crippen molar-refractivity contribution < 1.29 is 14.7 Å². The summed E-state index contributed by atoms with van der Waals surface area (Å²) in [4.78, 5) is 26.5. The van der Waals surface area contributed by atoms with E-state index in [9.17, 15) is 9.59 Å². The lowest BCUT2D eigenvalue weighted by Gasteiger charge is -2.34. The number of aliphatic carboxylic acids is 1. The molecule has 1 atom stereocenters. The molecule has 0 aromatic carbocycles. The van der Waals surface area contributed by atoms with Crippen LogP contribution in [0.2, 0.25) is 0 Å². The summed E-state index contributed by atoms with van der Waals surface area (Å²) < 4.78 is 0. The topological polar surface area (TPSA) is 60.9 Å². The highest BCUT2D eigenvalue weighted by molar-refractivity contribution is 5.76. The van der Waals surface area contributed by atoms with Gasteiger partial charge in [0.25, 0.3) is 0 Å². The SMILES string of the molecule is CCCN(CC)C(=O)N1CCCC(C(=O)O)C1. The molecular formula is C12H22N2O3. The normalized spacial score (nSPS) is 20.1. The van der Waals surface area contributed by atoms with Gasteiger partial charge in [-0.3, -0.25) is 4.79 Å². The van der Waals surface area contributed by atoms with Crippen molar-refractivity contribution in [2.45, 2.75) is 33.1 Å². The Morgan fingerprint density at radius 2 is 2.12 bits per heavy atom. The van der Waals surface area contributed by atoms with Gasteiger partial charge in [-0.05, 0) is 26.2 Å². The zero-order chi connectivity index (χ0) is 12.8. The Labute approximate surface area is 102 Å². The average Bonchev–Trinajstić information content (AvgIpc) is 2.35. The molecule has 0 bridgehead atoms. The maximum Gasteiger partial charge on any atom is 0.320 e. The Bertz CT molecular complexity index is 281. The molecule has 1 aliphatic rings. The molecule has 1 N–H and O–H groups in total. The van der Waals surface area contributed by atoms with Crippen LogP contribution < -0.4 is 0 Å². The van der Waals surface area contributed by atoms with Crippen LogP contribution in [0.5, 0.6) is 0 Å². The van der Waals surface area contributed by atoms with Gasteiger partial charge in [0.15, 0.2) is 0 Å². The van der Waals surface area contributed by atoms with Gasteiger partial charge in [-0.25, -0.2) is 4.79 Å². The average molecular weight is 242 g/mol. The number of hydrogen-bond acceptors (Lipinski definition) is 2. The molecule has 1 fully saturated rings. The smallest absolute Gasteiger partial charge is 0.320 e. The van der Waals surface area contributed by atoms with E-state index in [0.29, 0.717) is 26.1 Å². The van der Waals surface area contributed by atoms with E-state index in [0.717, 1.165) is 19.4 Å². The number of piperidine rings is 1. The van der Waals surface area contributed by atoms with E-state index < -0.39 is 11.9 Å². The third-order valence-corrected chi connectivity index (χ3v) is 3.19. The van der Waals surface area contributed by atoms with Crippen LogP contribution in [0.3, 0.4) is 0 Å². The number of likely N-dealkylation sites (tertiary alicyclic amines) is 1. The standard InChI is InChI=1S/C12H22N2O3/c1-3-7-13(4-2)12(17)14-8-5-6-10(9-14)11(15)16/h10H,3-9H2,1-2H3,(H,15,16). The van der Waals surface area contributed by atoms with E-state index in [4.69, 9.17) is 5.11 Å². The molecule has 2 amide bonds. The lowest BCUT2D eigenvalue weighted by molar-refractivity contribution is -0.143. The van der Waals surface area contributed by atoms with Crippen molar-refractivity contribution in [3.63, 3.8) is 0 Å². The zero-order valence-corrected chi connectivity index (χ0v) is 10.7. The molecule has 0 saturated carbocycles. The van der Waals surface area contributed by atoms with Crippen LogP contribution in [-0.4, -0.2) is 53.1 Å². The van der Waals surface area contributed by atoms with Crippen molar-refractivity contribution in [2.75, 3.05) is 26.2 Å². The molecule has 1 heterocycles. The second-order valence-corrected chi connectivity index (χ2v) is 4.49. The molecule has 98 valence electrons. The van der Waals surface area contributed by atoms with Crippen molar-refractivity contribution in [3.05, 3.63) is 0 Å². The molecule has 1 aliphatic heterocycles. The fourth-order valence-electron chi connectivity index (χ4n) is 2.21. The molecule has 0 aliphatic carbocycles. The monoisotopic (exact) mass is 242 g/mol. The first-order chi connectivity index (χ1) is 8.10. The van der Waals surface area contributed by atoms with Gasteiger partial charge in [-0.1, -0.05) is 6.92 Å². The molecule has 0 aromatic rings. The molecule has 5 heteroatoms. The van der Waals surface area contributed by atoms with Gasteiger partial charge in [0.05, 0.1) is 5.92 Å².